The number of nitrogens with one attached hydrogen (secondary N) is 2. The Labute approximate surface area is 148 Å². The largest absolute Gasteiger partial charge is 0.399 e. The standard InChI is InChI=1S/C18H23N3O3S/c1-3-11-25(23,24)21-17-6-4-5-16(13(17)2)20-18(22)12-14-7-9-15(19)10-8-14/h4-10,21H,3,11-12,19H2,1-2H3,(H,20,22). The van der Waals surface area contributed by atoms with E-state index < -0.39 is 10.0 Å². The topological polar surface area (TPSA) is 101 Å². The number of sulfonamides is 1. The summed E-state index contributed by atoms with van der Waals surface area (Å²) in [6, 6.07) is 12.2. The fourth-order valence-corrected chi connectivity index (χ4v) is 3.58. The van der Waals surface area contributed by atoms with Gasteiger partial charge in [-0.15, -0.1) is 0 Å². The Bertz CT molecular complexity index is 846. The molecule has 0 aliphatic heterocycles. The minimum Gasteiger partial charge on any atom is -0.399 e. The monoisotopic (exact) mass is 361 g/mol. The van der Waals surface area contributed by atoms with E-state index in [0.29, 0.717) is 29.0 Å². The molecule has 4 N–H and O–H groups in total. The van der Waals surface area contributed by atoms with Gasteiger partial charge in [0.05, 0.1) is 17.9 Å². The van der Waals surface area contributed by atoms with E-state index in [1.54, 1.807) is 56.3 Å². The molecule has 7 heteroatoms. The van der Waals surface area contributed by atoms with E-state index in [-0.39, 0.29) is 18.1 Å². The molecule has 0 spiro atoms. The van der Waals surface area contributed by atoms with Crippen molar-refractivity contribution >= 4 is 33.0 Å². The number of anilines is 3. The van der Waals surface area contributed by atoms with Crippen molar-refractivity contribution in [1.82, 2.24) is 0 Å². The molecule has 0 bridgehead atoms. The molecule has 6 nitrogen and oxygen atoms in total. The molecular formula is C18H23N3O3S. The Hall–Kier alpha value is -2.54. The van der Waals surface area contributed by atoms with Gasteiger partial charge in [-0.05, 0) is 48.7 Å². The Morgan fingerprint density at radius 2 is 1.72 bits per heavy atom. The average Bonchev–Trinajstić information content (AvgIpc) is 2.53. The minimum atomic E-state index is -3.38. The van der Waals surface area contributed by atoms with Crippen LogP contribution in [0.15, 0.2) is 42.5 Å². The first-order valence-electron chi connectivity index (χ1n) is 8.05. The van der Waals surface area contributed by atoms with Crippen LogP contribution in [0, 0.1) is 6.92 Å². The normalized spacial score (nSPS) is 11.1. The molecule has 0 fully saturated rings. The van der Waals surface area contributed by atoms with E-state index in [1.807, 2.05) is 0 Å². The summed E-state index contributed by atoms with van der Waals surface area (Å²) in [5.74, 6) is -0.124. The van der Waals surface area contributed by atoms with Gasteiger partial charge in [0.25, 0.3) is 0 Å². The molecule has 0 aliphatic rings. The van der Waals surface area contributed by atoms with Gasteiger partial charge in [0.1, 0.15) is 0 Å². The lowest BCUT2D eigenvalue weighted by Gasteiger charge is -2.14. The first-order chi connectivity index (χ1) is 11.8. The van der Waals surface area contributed by atoms with E-state index in [2.05, 4.69) is 10.0 Å². The van der Waals surface area contributed by atoms with Crippen LogP contribution in [0.3, 0.4) is 0 Å². The zero-order valence-corrected chi connectivity index (χ0v) is 15.2. The SMILES string of the molecule is CCCS(=O)(=O)Nc1cccc(NC(=O)Cc2ccc(N)cc2)c1C. The van der Waals surface area contributed by atoms with Crippen molar-refractivity contribution in [3.05, 3.63) is 53.6 Å². The third-order valence-corrected chi connectivity index (χ3v) is 5.17. The van der Waals surface area contributed by atoms with Crippen molar-refractivity contribution in [2.45, 2.75) is 26.7 Å². The van der Waals surface area contributed by atoms with E-state index in [9.17, 15) is 13.2 Å². The Balaban J connectivity index is 2.10. The van der Waals surface area contributed by atoms with Crippen LogP contribution in [0.25, 0.3) is 0 Å². The molecule has 0 radical (unpaired) electrons. The van der Waals surface area contributed by atoms with Gasteiger partial charge in [0.2, 0.25) is 15.9 Å². The number of nitrogen functional groups attached to an aromatic ring is 1. The van der Waals surface area contributed by atoms with Crippen molar-refractivity contribution in [2.75, 3.05) is 21.5 Å². The van der Waals surface area contributed by atoms with Crippen LogP contribution < -0.4 is 15.8 Å². The third kappa shape index (κ3) is 5.49. The van der Waals surface area contributed by atoms with Crippen molar-refractivity contribution in [2.24, 2.45) is 0 Å². The molecular weight excluding hydrogens is 338 g/mol. The predicted molar refractivity (Wildman–Crippen MR) is 102 cm³/mol. The summed E-state index contributed by atoms with van der Waals surface area (Å²) in [4.78, 5) is 12.2. The smallest absolute Gasteiger partial charge is 0.232 e. The van der Waals surface area contributed by atoms with Gasteiger partial charge in [-0.2, -0.15) is 0 Å². The number of carbonyl (C=O) groups is 1. The zero-order chi connectivity index (χ0) is 18.4. The Morgan fingerprint density at radius 3 is 2.36 bits per heavy atom. The molecule has 2 aromatic carbocycles. The summed E-state index contributed by atoms with van der Waals surface area (Å²) in [5, 5.41) is 2.83. The van der Waals surface area contributed by atoms with Crippen LogP contribution in [-0.2, 0) is 21.2 Å². The van der Waals surface area contributed by atoms with Crippen LogP contribution in [-0.4, -0.2) is 20.1 Å². The minimum absolute atomic E-state index is 0.0557. The van der Waals surface area contributed by atoms with E-state index >= 15 is 0 Å². The highest BCUT2D eigenvalue weighted by Crippen LogP contribution is 2.24. The van der Waals surface area contributed by atoms with Crippen LogP contribution in [0.1, 0.15) is 24.5 Å². The molecule has 0 unspecified atom stereocenters. The Morgan fingerprint density at radius 1 is 1.08 bits per heavy atom. The zero-order valence-electron chi connectivity index (χ0n) is 14.4. The lowest BCUT2D eigenvalue weighted by atomic mass is 10.1. The number of nitrogens with two attached hydrogens (primary N) is 1. The van der Waals surface area contributed by atoms with Gasteiger partial charge in [-0.25, -0.2) is 8.42 Å². The van der Waals surface area contributed by atoms with Crippen molar-refractivity contribution in [1.29, 1.82) is 0 Å². The summed E-state index contributed by atoms with van der Waals surface area (Å²) >= 11 is 0. The van der Waals surface area contributed by atoms with Gasteiger partial charge >= 0.3 is 0 Å². The van der Waals surface area contributed by atoms with Gasteiger partial charge in [0, 0.05) is 11.4 Å². The molecule has 2 rings (SSSR count). The second-order valence-electron chi connectivity index (χ2n) is 5.87. The number of rotatable bonds is 7. The molecule has 0 aliphatic carbocycles. The molecule has 134 valence electrons. The van der Waals surface area contributed by atoms with E-state index in [0.717, 1.165) is 5.56 Å². The van der Waals surface area contributed by atoms with Crippen LogP contribution in [0.4, 0.5) is 17.1 Å². The fourth-order valence-electron chi connectivity index (χ4n) is 2.38. The summed E-state index contributed by atoms with van der Waals surface area (Å²) < 4.78 is 26.5. The maximum absolute atomic E-state index is 12.2. The highest BCUT2D eigenvalue weighted by molar-refractivity contribution is 7.92. The number of hydrogen-bond acceptors (Lipinski definition) is 4. The maximum Gasteiger partial charge on any atom is 0.232 e. The van der Waals surface area contributed by atoms with Gasteiger partial charge in [0.15, 0.2) is 0 Å². The van der Waals surface area contributed by atoms with E-state index in [1.165, 1.54) is 0 Å². The molecule has 0 aromatic heterocycles. The molecule has 1 amide bonds. The highest BCUT2D eigenvalue weighted by Gasteiger charge is 2.13. The van der Waals surface area contributed by atoms with Gasteiger partial charge < -0.3 is 11.1 Å². The summed E-state index contributed by atoms with van der Waals surface area (Å²) in [7, 11) is -3.38. The number of hydrogen-bond donors (Lipinski definition) is 3. The Kier molecular flexibility index (Phi) is 6.03. The number of carbonyl (C=O) groups excluding carboxylic acids is 1. The van der Waals surface area contributed by atoms with Crippen molar-refractivity contribution in [3.8, 4) is 0 Å². The molecule has 25 heavy (non-hydrogen) atoms. The van der Waals surface area contributed by atoms with Crippen molar-refractivity contribution in [3.63, 3.8) is 0 Å². The predicted octanol–water partition coefficient (Wildman–Crippen LogP) is 2.91. The number of benzene rings is 2. The average molecular weight is 361 g/mol. The maximum atomic E-state index is 12.2. The van der Waals surface area contributed by atoms with Crippen LogP contribution in [0.2, 0.25) is 0 Å². The van der Waals surface area contributed by atoms with Crippen LogP contribution in [0.5, 0.6) is 0 Å². The molecule has 0 saturated carbocycles. The highest BCUT2D eigenvalue weighted by atomic mass is 32.2. The fraction of sp³-hybridized carbons (Fsp3) is 0.278. The lowest BCUT2D eigenvalue weighted by molar-refractivity contribution is -0.115. The first-order valence-corrected chi connectivity index (χ1v) is 9.70. The van der Waals surface area contributed by atoms with Gasteiger partial charge in [-0.3, -0.25) is 9.52 Å². The van der Waals surface area contributed by atoms with E-state index in [4.69, 9.17) is 5.73 Å². The second-order valence-corrected chi connectivity index (χ2v) is 7.71. The first kappa shape index (κ1) is 18.8. The molecule has 2 aromatic rings. The molecule has 0 heterocycles. The van der Waals surface area contributed by atoms with Gasteiger partial charge in [-0.1, -0.05) is 25.1 Å². The third-order valence-electron chi connectivity index (χ3n) is 3.69. The molecule has 0 atom stereocenters. The lowest BCUT2D eigenvalue weighted by Crippen LogP contribution is -2.18. The second kappa shape index (κ2) is 8.02. The quantitative estimate of drug-likeness (QED) is 0.660. The van der Waals surface area contributed by atoms with Crippen molar-refractivity contribution < 1.29 is 13.2 Å². The summed E-state index contributed by atoms with van der Waals surface area (Å²) in [6.07, 6.45) is 0.748. The summed E-state index contributed by atoms with van der Waals surface area (Å²) in [5.41, 5.74) is 8.85. The van der Waals surface area contributed by atoms with Crippen LogP contribution >= 0.6 is 0 Å². The number of amides is 1. The molecule has 0 saturated heterocycles. The summed E-state index contributed by atoms with van der Waals surface area (Å²) in [6.45, 7) is 3.57.